The van der Waals surface area contributed by atoms with Gasteiger partial charge >= 0.3 is 0 Å². The van der Waals surface area contributed by atoms with Crippen LogP contribution in [0.4, 0.5) is 0 Å². The van der Waals surface area contributed by atoms with E-state index < -0.39 is 0 Å². The molecule has 0 N–H and O–H groups in total. The topological polar surface area (TPSA) is 0 Å². The average molecular weight is 279 g/mol. The maximum atomic E-state index is 2.58. The highest BCUT2D eigenvalue weighted by molar-refractivity contribution is 5.00. The molecule has 0 heteroatoms. The van der Waals surface area contributed by atoms with E-state index in [1.165, 1.54) is 44.9 Å². The molecule has 2 aliphatic carbocycles. The van der Waals surface area contributed by atoms with E-state index in [2.05, 4.69) is 41.5 Å². The predicted octanol–water partition coefficient (Wildman–Crippen LogP) is 6.55. The Morgan fingerprint density at radius 1 is 0.850 bits per heavy atom. The van der Waals surface area contributed by atoms with Crippen molar-refractivity contribution in [1.82, 2.24) is 0 Å². The van der Waals surface area contributed by atoms with Crippen molar-refractivity contribution in [2.75, 3.05) is 0 Å². The van der Waals surface area contributed by atoms with Gasteiger partial charge in [0.15, 0.2) is 0 Å². The molecule has 0 aromatic heterocycles. The van der Waals surface area contributed by atoms with Gasteiger partial charge in [0.05, 0.1) is 0 Å². The van der Waals surface area contributed by atoms with E-state index in [-0.39, 0.29) is 0 Å². The van der Waals surface area contributed by atoms with E-state index in [1.807, 2.05) is 0 Å². The Hall–Kier alpha value is 0. The van der Waals surface area contributed by atoms with E-state index in [1.54, 1.807) is 0 Å². The molecule has 5 unspecified atom stereocenters. The normalized spacial score (nSPS) is 43.2. The molecule has 0 bridgehead atoms. The van der Waals surface area contributed by atoms with Gasteiger partial charge in [0, 0.05) is 0 Å². The van der Waals surface area contributed by atoms with Crippen molar-refractivity contribution in [3.8, 4) is 0 Å². The molecule has 2 aliphatic rings. The molecule has 0 heterocycles. The van der Waals surface area contributed by atoms with Crippen LogP contribution in [0, 0.1) is 40.9 Å². The van der Waals surface area contributed by atoms with E-state index in [0.717, 1.165) is 35.5 Å². The fourth-order valence-corrected chi connectivity index (χ4v) is 6.42. The van der Waals surface area contributed by atoms with E-state index in [9.17, 15) is 0 Å². The van der Waals surface area contributed by atoms with Crippen LogP contribution in [0.2, 0.25) is 0 Å². The van der Waals surface area contributed by atoms with Gasteiger partial charge in [-0.3, -0.25) is 0 Å². The summed E-state index contributed by atoms with van der Waals surface area (Å²) in [6, 6.07) is 0. The Balaban J connectivity index is 2.36. The Labute approximate surface area is 128 Å². The van der Waals surface area contributed by atoms with Crippen LogP contribution in [-0.4, -0.2) is 0 Å². The molecule has 0 nitrogen and oxygen atoms in total. The zero-order chi connectivity index (χ0) is 14.9. The first kappa shape index (κ1) is 16.4. The van der Waals surface area contributed by atoms with Crippen molar-refractivity contribution < 1.29 is 0 Å². The van der Waals surface area contributed by atoms with Crippen molar-refractivity contribution >= 4 is 0 Å². The Morgan fingerprint density at radius 2 is 1.55 bits per heavy atom. The summed E-state index contributed by atoms with van der Waals surface area (Å²) in [5.74, 6) is 5.55. The van der Waals surface area contributed by atoms with Gasteiger partial charge in [-0.25, -0.2) is 0 Å². The fraction of sp³-hybridized carbons (Fsp3) is 1.00. The first-order valence-electron chi connectivity index (χ1n) is 9.41. The van der Waals surface area contributed by atoms with E-state index in [0.29, 0.717) is 5.41 Å². The minimum Gasteiger partial charge on any atom is -0.0625 e. The smallest absolute Gasteiger partial charge is 0.0218 e. The van der Waals surface area contributed by atoms with Crippen LogP contribution in [0.1, 0.15) is 86.5 Å². The molecule has 0 radical (unpaired) electrons. The van der Waals surface area contributed by atoms with Gasteiger partial charge in [0.2, 0.25) is 0 Å². The van der Waals surface area contributed by atoms with Crippen molar-refractivity contribution in [3.05, 3.63) is 0 Å². The van der Waals surface area contributed by atoms with Crippen LogP contribution in [0.3, 0.4) is 0 Å². The Kier molecular flexibility index (Phi) is 5.24. The summed E-state index contributed by atoms with van der Waals surface area (Å²) in [6.07, 6.45) is 10.4. The monoisotopic (exact) mass is 278 g/mol. The highest BCUT2D eigenvalue weighted by Crippen LogP contribution is 2.59. The summed E-state index contributed by atoms with van der Waals surface area (Å²) in [5.41, 5.74) is 0.641. The second-order valence-electron chi connectivity index (χ2n) is 8.75. The van der Waals surface area contributed by atoms with Crippen molar-refractivity contribution in [2.24, 2.45) is 40.9 Å². The predicted molar refractivity (Wildman–Crippen MR) is 89.7 cm³/mol. The molecule has 0 saturated heterocycles. The second-order valence-corrected chi connectivity index (χ2v) is 8.75. The molecular weight excluding hydrogens is 240 g/mol. The van der Waals surface area contributed by atoms with Crippen LogP contribution < -0.4 is 0 Å². The second kappa shape index (κ2) is 6.41. The molecule has 20 heavy (non-hydrogen) atoms. The van der Waals surface area contributed by atoms with Crippen molar-refractivity contribution in [3.63, 3.8) is 0 Å². The summed E-state index contributed by atoms with van der Waals surface area (Å²) in [7, 11) is 0. The Bertz CT molecular complexity index is 303. The number of hydrogen-bond donors (Lipinski definition) is 0. The lowest BCUT2D eigenvalue weighted by Gasteiger charge is -2.57. The largest absolute Gasteiger partial charge is 0.0625 e. The summed E-state index contributed by atoms with van der Waals surface area (Å²) < 4.78 is 0. The zero-order valence-electron chi connectivity index (χ0n) is 14.9. The van der Waals surface area contributed by atoms with Crippen LogP contribution in [0.15, 0.2) is 0 Å². The van der Waals surface area contributed by atoms with E-state index >= 15 is 0 Å². The number of hydrogen-bond acceptors (Lipinski definition) is 0. The lowest BCUT2D eigenvalue weighted by Crippen LogP contribution is -2.50. The maximum absolute atomic E-state index is 2.58. The molecule has 0 aliphatic heterocycles. The van der Waals surface area contributed by atoms with Gasteiger partial charge in [-0.1, -0.05) is 73.6 Å². The molecule has 0 aromatic carbocycles. The summed E-state index contributed by atoms with van der Waals surface area (Å²) in [4.78, 5) is 0. The lowest BCUT2D eigenvalue weighted by atomic mass is 9.48. The molecular formula is C20H38. The molecule has 0 aromatic rings. The van der Waals surface area contributed by atoms with Gasteiger partial charge in [-0.2, -0.15) is 0 Å². The maximum Gasteiger partial charge on any atom is -0.0218 e. The standard InChI is InChI=1S/C20H38/c1-14(2)19-16(5)10-9-12-18(19)20(15(3)4)13-8-7-11-17(20)6/h14-19H,7-13H2,1-6H3. The lowest BCUT2D eigenvalue weighted by molar-refractivity contribution is -0.0817. The van der Waals surface area contributed by atoms with Crippen LogP contribution in [0.5, 0.6) is 0 Å². The highest BCUT2D eigenvalue weighted by Gasteiger charge is 2.51. The molecule has 2 saturated carbocycles. The van der Waals surface area contributed by atoms with Crippen LogP contribution in [-0.2, 0) is 0 Å². The summed E-state index contributed by atoms with van der Waals surface area (Å²) >= 11 is 0. The van der Waals surface area contributed by atoms with Gasteiger partial charge in [0.25, 0.3) is 0 Å². The fourth-order valence-electron chi connectivity index (χ4n) is 6.42. The first-order chi connectivity index (χ1) is 9.41. The Morgan fingerprint density at radius 3 is 2.10 bits per heavy atom. The molecule has 5 atom stereocenters. The zero-order valence-corrected chi connectivity index (χ0v) is 14.9. The minimum absolute atomic E-state index is 0.641. The highest BCUT2D eigenvalue weighted by atomic mass is 14.6. The molecule has 0 spiro atoms. The van der Waals surface area contributed by atoms with E-state index in [4.69, 9.17) is 0 Å². The first-order valence-corrected chi connectivity index (χ1v) is 9.41. The molecule has 0 amide bonds. The SMILES string of the molecule is CC(C)C1C(C)CCCC1C1(C(C)C)CCCCC1C. The van der Waals surface area contributed by atoms with Gasteiger partial charge in [0.1, 0.15) is 0 Å². The quantitative estimate of drug-likeness (QED) is 0.549. The van der Waals surface area contributed by atoms with Crippen molar-refractivity contribution in [1.29, 1.82) is 0 Å². The average Bonchev–Trinajstić information content (AvgIpc) is 2.38. The minimum atomic E-state index is 0.641. The third-order valence-corrected chi connectivity index (χ3v) is 7.25. The third kappa shape index (κ3) is 2.69. The summed E-state index contributed by atoms with van der Waals surface area (Å²) in [5, 5.41) is 0. The van der Waals surface area contributed by atoms with Crippen LogP contribution >= 0.6 is 0 Å². The molecule has 2 fully saturated rings. The summed E-state index contributed by atoms with van der Waals surface area (Å²) in [6.45, 7) is 15.1. The molecule has 118 valence electrons. The van der Waals surface area contributed by atoms with Crippen LogP contribution in [0.25, 0.3) is 0 Å². The van der Waals surface area contributed by atoms with Crippen molar-refractivity contribution in [2.45, 2.75) is 86.5 Å². The van der Waals surface area contributed by atoms with Gasteiger partial charge in [-0.05, 0) is 53.8 Å². The molecule has 2 rings (SSSR count). The number of rotatable bonds is 3. The van der Waals surface area contributed by atoms with Gasteiger partial charge in [-0.15, -0.1) is 0 Å². The van der Waals surface area contributed by atoms with Gasteiger partial charge < -0.3 is 0 Å². The third-order valence-electron chi connectivity index (χ3n) is 7.25.